The van der Waals surface area contributed by atoms with E-state index in [0.717, 1.165) is 16.9 Å². The van der Waals surface area contributed by atoms with Crippen molar-refractivity contribution < 1.29 is 24.5 Å². The molecule has 0 aliphatic rings. The zero-order chi connectivity index (χ0) is 24.0. The van der Waals surface area contributed by atoms with E-state index in [4.69, 9.17) is 4.74 Å². The van der Waals surface area contributed by atoms with Crippen molar-refractivity contribution in [2.45, 2.75) is 18.9 Å². The Morgan fingerprint density at radius 1 is 1.12 bits per heavy atom. The molecule has 3 rings (SSSR count). The normalized spacial score (nSPS) is 11.5. The number of nitrogens with one attached hydrogen (secondary N) is 2. The van der Waals surface area contributed by atoms with Gasteiger partial charge in [0.2, 0.25) is 0 Å². The number of carbonyl (C=O) groups excluding carboxylic acids is 1. The van der Waals surface area contributed by atoms with Gasteiger partial charge in [-0.05, 0) is 28.8 Å². The van der Waals surface area contributed by atoms with Crippen LogP contribution >= 0.6 is 0 Å². The maximum Gasteiger partial charge on any atom is 0.319 e. The summed E-state index contributed by atoms with van der Waals surface area (Å²) in [5, 5.41) is 24.2. The summed E-state index contributed by atoms with van der Waals surface area (Å²) in [5.41, 5.74) is 1.57. The van der Waals surface area contributed by atoms with E-state index in [0.29, 0.717) is 12.0 Å². The van der Waals surface area contributed by atoms with Gasteiger partial charge < -0.3 is 30.2 Å². The highest BCUT2D eigenvalue weighted by Crippen LogP contribution is 2.24. The number of carboxylic acid groups (broad SMARTS) is 1. The van der Waals surface area contributed by atoms with Gasteiger partial charge in [-0.25, -0.2) is 4.79 Å². The standard InChI is InChI=1S/C24H25N3O6/c1-27-11-10-19(28)22(23(27)31)26-24(32)25-18(14-21(29)30)16-8-5-6-15(12-16)13-17-7-3-4-9-20(17)33-2/h3-12,18,28H,13-14H2,1-2H3,(H,29,30)(H2,25,26,32). The fourth-order valence-electron chi connectivity index (χ4n) is 3.46. The maximum absolute atomic E-state index is 12.6. The number of hydrogen-bond donors (Lipinski definition) is 4. The Bertz CT molecular complexity index is 1220. The summed E-state index contributed by atoms with van der Waals surface area (Å²) < 4.78 is 6.59. The topological polar surface area (TPSA) is 130 Å². The molecule has 2 amide bonds. The number of rotatable bonds is 8. The molecule has 0 fully saturated rings. The summed E-state index contributed by atoms with van der Waals surface area (Å²) in [7, 11) is 3.07. The van der Waals surface area contributed by atoms with Crippen LogP contribution in [-0.2, 0) is 18.3 Å². The van der Waals surface area contributed by atoms with Gasteiger partial charge >= 0.3 is 12.0 Å². The largest absolute Gasteiger partial charge is 0.505 e. The summed E-state index contributed by atoms with van der Waals surface area (Å²) in [6.07, 6.45) is 1.54. The molecule has 172 valence electrons. The minimum Gasteiger partial charge on any atom is -0.505 e. The van der Waals surface area contributed by atoms with Crippen molar-refractivity contribution in [3.8, 4) is 11.5 Å². The van der Waals surface area contributed by atoms with Gasteiger partial charge in [0.05, 0.1) is 19.6 Å². The van der Waals surface area contributed by atoms with E-state index in [-0.39, 0.29) is 17.9 Å². The molecule has 1 aromatic heterocycles. The van der Waals surface area contributed by atoms with Crippen LogP contribution < -0.4 is 20.9 Å². The molecule has 3 aromatic rings. The Morgan fingerprint density at radius 2 is 1.88 bits per heavy atom. The first-order valence-electron chi connectivity index (χ1n) is 10.2. The van der Waals surface area contributed by atoms with E-state index < -0.39 is 23.6 Å². The van der Waals surface area contributed by atoms with Crippen LogP contribution in [0.4, 0.5) is 10.5 Å². The number of ether oxygens (including phenoxy) is 1. The van der Waals surface area contributed by atoms with E-state index in [2.05, 4.69) is 10.6 Å². The monoisotopic (exact) mass is 451 g/mol. The Balaban J connectivity index is 1.82. The number of carbonyl (C=O) groups is 2. The minimum absolute atomic E-state index is 0.295. The number of carboxylic acids is 1. The van der Waals surface area contributed by atoms with Gasteiger partial charge in [0.15, 0.2) is 5.69 Å². The molecule has 33 heavy (non-hydrogen) atoms. The first-order chi connectivity index (χ1) is 15.8. The highest BCUT2D eigenvalue weighted by atomic mass is 16.5. The van der Waals surface area contributed by atoms with Gasteiger partial charge in [0.1, 0.15) is 11.5 Å². The molecule has 9 nitrogen and oxygen atoms in total. The number of para-hydroxylation sites is 1. The van der Waals surface area contributed by atoms with E-state index in [1.165, 1.54) is 23.9 Å². The fraction of sp³-hybridized carbons (Fsp3) is 0.208. The highest BCUT2D eigenvalue weighted by Gasteiger charge is 2.20. The predicted octanol–water partition coefficient (Wildman–Crippen LogP) is 3.03. The number of urea groups is 1. The number of aryl methyl sites for hydroxylation is 1. The van der Waals surface area contributed by atoms with Crippen molar-refractivity contribution in [3.05, 3.63) is 87.8 Å². The van der Waals surface area contributed by atoms with Crippen molar-refractivity contribution in [1.82, 2.24) is 9.88 Å². The van der Waals surface area contributed by atoms with E-state index >= 15 is 0 Å². The molecule has 0 aliphatic heterocycles. The number of amides is 2. The van der Waals surface area contributed by atoms with Crippen molar-refractivity contribution >= 4 is 17.7 Å². The SMILES string of the molecule is COc1ccccc1Cc1cccc(C(CC(=O)O)NC(=O)Nc2c(O)ccn(C)c2=O)c1. The number of aromatic nitrogens is 1. The molecule has 9 heteroatoms. The van der Waals surface area contributed by atoms with Crippen molar-refractivity contribution in [2.75, 3.05) is 12.4 Å². The number of methoxy groups -OCH3 is 1. The Hall–Kier alpha value is -4.27. The van der Waals surface area contributed by atoms with Crippen LogP contribution in [-0.4, -0.2) is 33.9 Å². The van der Waals surface area contributed by atoms with Crippen LogP contribution in [0.2, 0.25) is 0 Å². The maximum atomic E-state index is 12.6. The lowest BCUT2D eigenvalue weighted by molar-refractivity contribution is -0.137. The molecule has 0 bridgehead atoms. The summed E-state index contributed by atoms with van der Waals surface area (Å²) in [6, 6.07) is 14.4. The first-order valence-corrected chi connectivity index (χ1v) is 10.2. The third-order valence-electron chi connectivity index (χ3n) is 5.11. The van der Waals surface area contributed by atoms with Gasteiger partial charge in [0, 0.05) is 19.7 Å². The number of aromatic hydroxyl groups is 1. The van der Waals surface area contributed by atoms with Crippen LogP contribution in [0.1, 0.15) is 29.2 Å². The average Bonchev–Trinajstić information content (AvgIpc) is 2.79. The van der Waals surface area contributed by atoms with Crippen LogP contribution in [0.15, 0.2) is 65.6 Å². The van der Waals surface area contributed by atoms with Crippen LogP contribution in [0.25, 0.3) is 0 Å². The lowest BCUT2D eigenvalue weighted by Crippen LogP contribution is -2.36. The zero-order valence-electron chi connectivity index (χ0n) is 18.2. The molecule has 0 spiro atoms. The molecule has 0 saturated carbocycles. The smallest absolute Gasteiger partial charge is 0.319 e. The third kappa shape index (κ3) is 5.91. The van der Waals surface area contributed by atoms with Gasteiger partial charge in [-0.1, -0.05) is 42.5 Å². The molecular weight excluding hydrogens is 426 g/mol. The van der Waals surface area contributed by atoms with E-state index in [9.17, 15) is 24.6 Å². The quantitative estimate of drug-likeness (QED) is 0.417. The van der Waals surface area contributed by atoms with Gasteiger partial charge in [-0.3, -0.25) is 9.59 Å². The number of nitrogens with zero attached hydrogens (tertiary/aromatic N) is 1. The van der Waals surface area contributed by atoms with Crippen molar-refractivity contribution in [2.24, 2.45) is 7.05 Å². The number of benzene rings is 2. The lowest BCUT2D eigenvalue weighted by atomic mass is 9.97. The van der Waals surface area contributed by atoms with Gasteiger partial charge in [0.25, 0.3) is 5.56 Å². The summed E-state index contributed by atoms with van der Waals surface area (Å²) >= 11 is 0. The number of pyridine rings is 1. The molecular formula is C24H25N3O6. The first kappa shape index (κ1) is 23.4. The van der Waals surface area contributed by atoms with E-state index in [1.54, 1.807) is 19.2 Å². The second-order valence-electron chi connectivity index (χ2n) is 7.47. The number of aliphatic carboxylic acids is 1. The average molecular weight is 451 g/mol. The molecule has 0 radical (unpaired) electrons. The van der Waals surface area contributed by atoms with Crippen molar-refractivity contribution in [1.29, 1.82) is 0 Å². The second-order valence-corrected chi connectivity index (χ2v) is 7.47. The Labute approximate surface area is 190 Å². The van der Waals surface area contributed by atoms with Crippen molar-refractivity contribution in [3.63, 3.8) is 0 Å². The molecule has 0 aliphatic carbocycles. The summed E-state index contributed by atoms with van der Waals surface area (Å²) in [5.74, 6) is -0.748. The molecule has 1 heterocycles. The predicted molar refractivity (Wildman–Crippen MR) is 123 cm³/mol. The summed E-state index contributed by atoms with van der Waals surface area (Å²) in [4.78, 5) is 36.2. The molecule has 0 saturated heterocycles. The zero-order valence-corrected chi connectivity index (χ0v) is 18.2. The van der Waals surface area contributed by atoms with Gasteiger partial charge in [-0.15, -0.1) is 0 Å². The number of hydrogen-bond acceptors (Lipinski definition) is 5. The highest BCUT2D eigenvalue weighted by molar-refractivity contribution is 5.91. The molecule has 1 unspecified atom stereocenters. The Kier molecular flexibility index (Phi) is 7.34. The molecule has 1 atom stereocenters. The van der Waals surface area contributed by atoms with Gasteiger partial charge in [-0.2, -0.15) is 0 Å². The van der Waals surface area contributed by atoms with Crippen LogP contribution in [0.3, 0.4) is 0 Å². The van der Waals surface area contributed by atoms with E-state index in [1.807, 2.05) is 36.4 Å². The molecule has 4 N–H and O–H groups in total. The second kappa shape index (κ2) is 10.4. The minimum atomic E-state index is -1.10. The number of anilines is 1. The van der Waals surface area contributed by atoms with Crippen LogP contribution in [0.5, 0.6) is 11.5 Å². The third-order valence-corrected chi connectivity index (χ3v) is 5.11. The summed E-state index contributed by atoms with van der Waals surface area (Å²) in [6.45, 7) is 0. The Morgan fingerprint density at radius 3 is 2.61 bits per heavy atom. The lowest BCUT2D eigenvalue weighted by Gasteiger charge is -2.19. The molecule has 2 aromatic carbocycles. The van der Waals surface area contributed by atoms with Crippen LogP contribution in [0, 0.1) is 0 Å². The fourth-order valence-corrected chi connectivity index (χ4v) is 3.46.